The van der Waals surface area contributed by atoms with Gasteiger partial charge < -0.3 is 20.1 Å². The number of benzene rings is 2. The number of hydrogen-bond donors (Lipinski definition) is 2. The van der Waals surface area contributed by atoms with Crippen molar-refractivity contribution < 1.29 is 19.4 Å². The molecule has 3 aromatic rings. The van der Waals surface area contributed by atoms with Gasteiger partial charge in [0.05, 0.1) is 19.4 Å². The van der Waals surface area contributed by atoms with Gasteiger partial charge in [0, 0.05) is 44.0 Å². The molecule has 2 N–H and O–H groups in total. The molecule has 0 aliphatic carbocycles. The molecule has 2 heterocycles. The van der Waals surface area contributed by atoms with Crippen molar-refractivity contribution in [3.63, 3.8) is 0 Å². The SMILES string of the molecule is CC(C)(CCCCC(=O)N1CCOCC1)c1ccc(-c2ccccc2CNC(=O)c2cnccn2)c(O)c1. The molecule has 8 nitrogen and oxygen atoms in total. The standard InChI is InChI=1S/C30H36N4O4/c1-30(2,12-6-5-9-28(36)34-15-17-38-18-16-34)23-10-11-25(27(35)19-23)24-8-4-3-7-22(24)20-33-29(37)26-21-31-13-14-32-26/h3-4,7-8,10-11,13-14,19,21,35H,5-6,9,12,15-18,20H2,1-2H3,(H,33,37). The normalized spacial score (nSPS) is 13.8. The first kappa shape index (κ1) is 27.3. The Kier molecular flexibility index (Phi) is 9.07. The number of morpholine rings is 1. The lowest BCUT2D eigenvalue weighted by Gasteiger charge is -2.28. The van der Waals surface area contributed by atoms with E-state index >= 15 is 0 Å². The number of carbonyl (C=O) groups is 2. The zero-order chi connectivity index (χ0) is 27.0. The lowest BCUT2D eigenvalue weighted by molar-refractivity contribution is -0.135. The van der Waals surface area contributed by atoms with E-state index in [1.165, 1.54) is 18.6 Å². The predicted molar refractivity (Wildman–Crippen MR) is 146 cm³/mol. The Morgan fingerprint density at radius 3 is 2.58 bits per heavy atom. The van der Waals surface area contributed by atoms with Gasteiger partial charge >= 0.3 is 0 Å². The molecular formula is C30H36N4O4. The number of carbonyl (C=O) groups excluding carboxylic acids is 2. The van der Waals surface area contributed by atoms with E-state index in [1.807, 2.05) is 41.3 Å². The van der Waals surface area contributed by atoms with Crippen LogP contribution in [-0.2, 0) is 21.5 Å². The first-order valence-corrected chi connectivity index (χ1v) is 13.2. The predicted octanol–water partition coefficient (Wildman–Crippen LogP) is 4.48. The van der Waals surface area contributed by atoms with Crippen molar-refractivity contribution in [2.45, 2.75) is 51.5 Å². The number of unbranched alkanes of at least 4 members (excludes halogenated alkanes) is 1. The molecule has 8 heteroatoms. The smallest absolute Gasteiger partial charge is 0.271 e. The third kappa shape index (κ3) is 6.95. The second-order valence-corrected chi connectivity index (χ2v) is 10.2. The maximum Gasteiger partial charge on any atom is 0.271 e. The molecule has 0 radical (unpaired) electrons. The third-order valence-electron chi connectivity index (χ3n) is 7.13. The number of phenolic OH excluding ortho intramolecular Hbond substituents is 1. The van der Waals surface area contributed by atoms with Crippen molar-refractivity contribution in [1.29, 1.82) is 0 Å². The van der Waals surface area contributed by atoms with Gasteiger partial charge in [-0.2, -0.15) is 0 Å². The van der Waals surface area contributed by atoms with E-state index in [2.05, 4.69) is 35.2 Å². The van der Waals surface area contributed by atoms with E-state index in [4.69, 9.17) is 4.74 Å². The fourth-order valence-corrected chi connectivity index (χ4v) is 4.76. The Labute approximate surface area is 224 Å². The molecule has 2 aromatic carbocycles. The summed E-state index contributed by atoms with van der Waals surface area (Å²) in [7, 11) is 0. The van der Waals surface area contributed by atoms with Gasteiger partial charge in [-0.25, -0.2) is 4.98 Å². The molecule has 0 saturated carbocycles. The number of ether oxygens (including phenoxy) is 1. The minimum Gasteiger partial charge on any atom is -0.507 e. The molecule has 4 rings (SSSR count). The fraction of sp³-hybridized carbons (Fsp3) is 0.400. The van der Waals surface area contributed by atoms with E-state index < -0.39 is 0 Å². The van der Waals surface area contributed by atoms with Gasteiger partial charge in [-0.15, -0.1) is 0 Å². The van der Waals surface area contributed by atoms with Crippen LogP contribution < -0.4 is 5.32 Å². The number of aromatic nitrogens is 2. The van der Waals surface area contributed by atoms with Gasteiger partial charge in [0.15, 0.2) is 0 Å². The van der Waals surface area contributed by atoms with Crippen molar-refractivity contribution in [2.24, 2.45) is 0 Å². The lowest BCUT2D eigenvalue weighted by Crippen LogP contribution is -2.40. The van der Waals surface area contributed by atoms with Crippen LogP contribution in [0.25, 0.3) is 11.1 Å². The molecule has 1 aliphatic rings. The van der Waals surface area contributed by atoms with Crippen LogP contribution in [0.4, 0.5) is 0 Å². The topological polar surface area (TPSA) is 105 Å². The summed E-state index contributed by atoms with van der Waals surface area (Å²) in [5, 5.41) is 13.9. The van der Waals surface area contributed by atoms with Crippen LogP contribution in [-0.4, -0.2) is 58.1 Å². The highest BCUT2D eigenvalue weighted by atomic mass is 16.5. The lowest BCUT2D eigenvalue weighted by atomic mass is 9.79. The minimum absolute atomic E-state index is 0.151. The second-order valence-electron chi connectivity index (χ2n) is 10.2. The van der Waals surface area contributed by atoms with Gasteiger partial charge in [-0.05, 0) is 41.0 Å². The molecule has 0 bridgehead atoms. The van der Waals surface area contributed by atoms with Crippen LogP contribution in [0.5, 0.6) is 5.75 Å². The summed E-state index contributed by atoms with van der Waals surface area (Å²) in [4.78, 5) is 34.7. The van der Waals surface area contributed by atoms with Crippen LogP contribution in [0.2, 0.25) is 0 Å². The number of nitrogens with one attached hydrogen (secondary N) is 1. The molecule has 0 spiro atoms. The summed E-state index contributed by atoms with van der Waals surface area (Å²) < 4.78 is 5.32. The van der Waals surface area contributed by atoms with Crippen molar-refractivity contribution in [2.75, 3.05) is 26.3 Å². The molecule has 1 fully saturated rings. The summed E-state index contributed by atoms with van der Waals surface area (Å²) >= 11 is 0. The monoisotopic (exact) mass is 516 g/mol. The highest BCUT2D eigenvalue weighted by Crippen LogP contribution is 2.37. The summed E-state index contributed by atoms with van der Waals surface area (Å²) in [6.07, 6.45) is 7.67. The Morgan fingerprint density at radius 2 is 1.84 bits per heavy atom. The van der Waals surface area contributed by atoms with Crippen molar-refractivity contribution >= 4 is 11.8 Å². The Bertz CT molecular complexity index is 1240. The molecule has 38 heavy (non-hydrogen) atoms. The first-order chi connectivity index (χ1) is 18.3. The maximum absolute atomic E-state index is 12.4. The van der Waals surface area contributed by atoms with E-state index in [9.17, 15) is 14.7 Å². The van der Waals surface area contributed by atoms with E-state index in [1.54, 1.807) is 0 Å². The van der Waals surface area contributed by atoms with Gasteiger partial charge in [0.2, 0.25) is 5.91 Å². The van der Waals surface area contributed by atoms with Crippen LogP contribution >= 0.6 is 0 Å². The summed E-state index contributed by atoms with van der Waals surface area (Å²) in [5.74, 6) is 0.103. The Morgan fingerprint density at radius 1 is 1.05 bits per heavy atom. The number of phenols is 1. The molecule has 1 aromatic heterocycles. The Hall–Kier alpha value is -3.78. The quantitative estimate of drug-likeness (QED) is 0.385. The zero-order valence-corrected chi connectivity index (χ0v) is 22.2. The average Bonchev–Trinajstić information content (AvgIpc) is 2.95. The third-order valence-corrected chi connectivity index (χ3v) is 7.13. The minimum atomic E-state index is -0.305. The van der Waals surface area contributed by atoms with Crippen molar-refractivity contribution in [3.8, 4) is 16.9 Å². The van der Waals surface area contributed by atoms with Gasteiger partial charge in [0.25, 0.3) is 5.91 Å². The number of rotatable bonds is 10. The fourth-order valence-electron chi connectivity index (χ4n) is 4.76. The van der Waals surface area contributed by atoms with E-state index in [-0.39, 0.29) is 28.7 Å². The van der Waals surface area contributed by atoms with Gasteiger partial charge in [0.1, 0.15) is 11.4 Å². The van der Waals surface area contributed by atoms with E-state index in [0.29, 0.717) is 44.8 Å². The molecule has 1 saturated heterocycles. The first-order valence-electron chi connectivity index (χ1n) is 13.2. The molecular weight excluding hydrogens is 480 g/mol. The summed E-state index contributed by atoms with van der Waals surface area (Å²) in [6.45, 7) is 7.25. The largest absolute Gasteiger partial charge is 0.507 e. The van der Waals surface area contributed by atoms with Crippen LogP contribution in [0.1, 0.15) is 61.1 Å². The number of aromatic hydroxyl groups is 1. The number of nitrogens with zero attached hydrogens (tertiary/aromatic N) is 3. The molecule has 1 aliphatic heterocycles. The molecule has 0 atom stereocenters. The van der Waals surface area contributed by atoms with Crippen LogP contribution in [0.15, 0.2) is 61.1 Å². The molecule has 2 amide bonds. The van der Waals surface area contributed by atoms with Crippen LogP contribution in [0, 0.1) is 0 Å². The van der Waals surface area contributed by atoms with E-state index in [0.717, 1.165) is 36.0 Å². The number of hydrogen-bond acceptors (Lipinski definition) is 6. The average molecular weight is 517 g/mol. The van der Waals surface area contributed by atoms with Crippen molar-refractivity contribution in [3.05, 3.63) is 77.9 Å². The summed E-state index contributed by atoms with van der Waals surface area (Å²) in [5.41, 5.74) is 3.61. The summed E-state index contributed by atoms with van der Waals surface area (Å²) in [6, 6.07) is 13.5. The molecule has 0 unspecified atom stereocenters. The number of amides is 2. The van der Waals surface area contributed by atoms with Gasteiger partial charge in [-0.3, -0.25) is 14.6 Å². The highest BCUT2D eigenvalue weighted by Gasteiger charge is 2.23. The zero-order valence-electron chi connectivity index (χ0n) is 22.2. The molecule has 200 valence electrons. The van der Waals surface area contributed by atoms with Crippen LogP contribution in [0.3, 0.4) is 0 Å². The second kappa shape index (κ2) is 12.6. The highest BCUT2D eigenvalue weighted by molar-refractivity contribution is 5.92. The maximum atomic E-state index is 12.4. The Balaban J connectivity index is 1.37. The van der Waals surface area contributed by atoms with Gasteiger partial charge in [-0.1, -0.05) is 56.7 Å². The van der Waals surface area contributed by atoms with Crippen molar-refractivity contribution in [1.82, 2.24) is 20.2 Å².